The van der Waals surface area contributed by atoms with Crippen LogP contribution in [0.4, 0.5) is 24.5 Å². The maximum Gasteiger partial charge on any atom is 0.418 e. The fourth-order valence-corrected chi connectivity index (χ4v) is 3.73. The maximum atomic E-state index is 13.8. The topological polar surface area (TPSA) is 74.2 Å². The van der Waals surface area contributed by atoms with E-state index < -0.39 is 17.6 Å². The highest BCUT2D eigenvalue weighted by Crippen LogP contribution is 2.37. The van der Waals surface area contributed by atoms with Crippen LogP contribution in [0, 0.1) is 0 Å². The van der Waals surface area contributed by atoms with E-state index in [1.807, 2.05) is 35.2 Å². The Morgan fingerprint density at radius 2 is 1.79 bits per heavy atom. The van der Waals surface area contributed by atoms with Crippen LogP contribution in [0.25, 0.3) is 0 Å². The first kappa shape index (κ1) is 22.8. The first-order valence-corrected chi connectivity index (χ1v) is 10.6. The molecule has 2 heterocycles. The lowest BCUT2D eigenvalue weighted by molar-refractivity contribution is -0.137. The molecule has 0 atom stereocenters. The van der Waals surface area contributed by atoms with Gasteiger partial charge in [-0.1, -0.05) is 30.3 Å². The summed E-state index contributed by atoms with van der Waals surface area (Å²) >= 11 is 0. The van der Waals surface area contributed by atoms with Crippen molar-refractivity contribution in [1.82, 2.24) is 5.01 Å². The number of nitrogens with zero attached hydrogens (tertiary/aromatic N) is 3. The number of anilines is 2. The summed E-state index contributed by atoms with van der Waals surface area (Å²) in [7, 11) is 0. The predicted octanol–water partition coefficient (Wildman–Crippen LogP) is 3.66. The molecule has 0 radical (unpaired) electrons. The molecule has 2 aliphatic rings. The van der Waals surface area contributed by atoms with E-state index in [0.29, 0.717) is 32.0 Å². The van der Waals surface area contributed by atoms with Gasteiger partial charge >= 0.3 is 6.18 Å². The largest absolute Gasteiger partial charge is 0.418 e. The molecule has 7 nitrogen and oxygen atoms in total. The van der Waals surface area contributed by atoms with Crippen molar-refractivity contribution < 1.29 is 27.5 Å². The molecule has 0 aromatic heterocycles. The van der Waals surface area contributed by atoms with E-state index in [1.165, 1.54) is 11.1 Å². The number of carbonyl (C=O) groups excluding carboxylic acids is 2. The fourth-order valence-electron chi connectivity index (χ4n) is 3.73. The number of rotatable bonds is 5. The third kappa shape index (κ3) is 5.51. The second-order valence-corrected chi connectivity index (χ2v) is 7.76. The molecule has 1 saturated heterocycles. The molecule has 2 aromatic rings. The molecule has 33 heavy (non-hydrogen) atoms. The standard InChI is InChI=1S/C23H23F3N4O3/c24-23(25,26)18-14-17(29-10-12-33-13-11-29)6-7-19(18)27-22(32)20-8-9-21(31)30(28-20)15-16-4-2-1-3-5-16/h1-7,14H,8-13,15H2,(H,27,32). The number of carbonyl (C=O) groups is 2. The quantitative estimate of drug-likeness (QED) is 0.739. The summed E-state index contributed by atoms with van der Waals surface area (Å²) in [4.78, 5) is 26.8. The average molecular weight is 460 g/mol. The molecule has 2 amide bonds. The van der Waals surface area contributed by atoms with Crippen LogP contribution < -0.4 is 10.2 Å². The van der Waals surface area contributed by atoms with Crippen molar-refractivity contribution in [2.75, 3.05) is 36.5 Å². The molecule has 0 unspecified atom stereocenters. The van der Waals surface area contributed by atoms with Gasteiger partial charge in [0.05, 0.1) is 31.0 Å². The maximum absolute atomic E-state index is 13.8. The Morgan fingerprint density at radius 3 is 2.48 bits per heavy atom. The highest BCUT2D eigenvalue weighted by molar-refractivity contribution is 6.43. The highest BCUT2D eigenvalue weighted by Gasteiger charge is 2.35. The van der Waals surface area contributed by atoms with Crippen LogP contribution in [0.15, 0.2) is 53.6 Å². The molecule has 2 aliphatic heterocycles. The normalized spacial score (nSPS) is 17.1. The van der Waals surface area contributed by atoms with E-state index in [0.717, 1.165) is 11.6 Å². The average Bonchev–Trinajstić information content (AvgIpc) is 2.81. The van der Waals surface area contributed by atoms with Crippen LogP contribution in [-0.4, -0.2) is 48.8 Å². The van der Waals surface area contributed by atoms with E-state index in [-0.39, 0.29) is 36.7 Å². The highest BCUT2D eigenvalue weighted by atomic mass is 19.4. The fraction of sp³-hybridized carbons (Fsp3) is 0.348. The van der Waals surface area contributed by atoms with Crippen molar-refractivity contribution in [2.45, 2.75) is 25.6 Å². The van der Waals surface area contributed by atoms with Crippen LogP contribution in [-0.2, 0) is 27.0 Å². The Morgan fingerprint density at radius 1 is 1.06 bits per heavy atom. The minimum atomic E-state index is -4.66. The van der Waals surface area contributed by atoms with Crippen molar-refractivity contribution >= 4 is 28.9 Å². The zero-order valence-corrected chi connectivity index (χ0v) is 17.8. The van der Waals surface area contributed by atoms with Gasteiger partial charge in [-0.2, -0.15) is 18.3 Å². The van der Waals surface area contributed by atoms with Crippen molar-refractivity contribution in [3.05, 3.63) is 59.7 Å². The number of hydrogen-bond acceptors (Lipinski definition) is 5. The molecule has 174 valence electrons. The Kier molecular flexibility index (Phi) is 6.64. The molecule has 1 fully saturated rings. The lowest BCUT2D eigenvalue weighted by Gasteiger charge is -2.30. The summed E-state index contributed by atoms with van der Waals surface area (Å²) in [5.74, 6) is -1.01. The first-order valence-electron chi connectivity index (χ1n) is 10.6. The van der Waals surface area contributed by atoms with Gasteiger partial charge in [0.2, 0.25) is 5.91 Å². The van der Waals surface area contributed by atoms with Gasteiger partial charge in [0, 0.05) is 31.6 Å². The second-order valence-electron chi connectivity index (χ2n) is 7.76. The van der Waals surface area contributed by atoms with E-state index >= 15 is 0 Å². The monoisotopic (exact) mass is 460 g/mol. The molecule has 1 N–H and O–H groups in total. The van der Waals surface area contributed by atoms with Gasteiger partial charge in [-0.15, -0.1) is 0 Å². The van der Waals surface area contributed by atoms with Gasteiger partial charge in [0.15, 0.2) is 0 Å². The van der Waals surface area contributed by atoms with Crippen molar-refractivity contribution in [3.63, 3.8) is 0 Å². The lowest BCUT2D eigenvalue weighted by atomic mass is 10.1. The van der Waals surface area contributed by atoms with E-state index in [2.05, 4.69) is 10.4 Å². The first-order chi connectivity index (χ1) is 15.8. The van der Waals surface area contributed by atoms with E-state index in [1.54, 1.807) is 6.07 Å². The van der Waals surface area contributed by atoms with Gasteiger partial charge < -0.3 is 15.0 Å². The van der Waals surface area contributed by atoms with Crippen molar-refractivity contribution in [3.8, 4) is 0 Å². The number of benzene rings is 2. The Balaban J connectivity index is 1.54. The second kappa shape index (κ2) is 9.62. The number of halogens is 3. The van der Waals surface area contributed by atoms with Crippen LogP contribution >= 0.6 is 0 Å². The van der Waals surface area contributed by atoms with Crippen LogP contribution in [0.5, 0.6) is 0 Å². The van der Waals surface area contributed by atoms with Crippen molar-refractivity contribution in [2.24, 2.45) is 5.10 Å². The molecule has 0 spiro atoms. The van der Waals surface area contributed by atoms with E-state index in [4.69, 9.17) is 4.74 Å². The summed E-state index contributed by atoms with van der Waals surface area (Å²) < 4.78 is 46.6. The molecule has 2 aromatic carbocycles. The Bertz CT molecular complexity index is 1050. The third-order valence-corrected chi connectivity index (χ3v) is 5.48. The molecule has 10 heteroatoms. The summed E-state index contributed by atoms with van der Waals surface area (Å²) in [5.41, 5.74) is -0.0318. The molecule has 0 aliphatic carbocycles. The minimum Gasteiger partial charge on any atom is -0.378 e. The zero-order valence-electron chi connectivity index (χ0n) is 17.8. The number of hydrogen-bond donors (Lipinski definition) is 1. The number of amides is 2. The van der Waals surface area contributed by atoms with Gasteiger partial charge in [-0.25, -0.2) is 5.01 Å². The van der Waals surface area contributed by atoms with Crippen LogP contribution in [0.3, 0.4) is 0 Å². The molecule has 0 saturated carbocycles. The van der Waals surface area contributed by atoms with Crippen LogP contribution in [0.1, 0.15) is 24.0 Å². The zero-order chi connectivity index (χ0) is 23.4. The SMILES string of the molecule is O=C(Nc1ccc(N2CCOCC2)cc1C(F)(F)F)C1=NN(Cc2ccccc2)C(=O)CC1. The molecular weight excluding hydrogens is 437 g/mol. The summed E-state index contributed by atoms with van der Waals surface area (Å²) in [6.45, 7) is 2.05. The number of alkyl halides is 3. The number of morpholine rings is 1. The summed E-state index contributed by atoms with van der Waals surface area (Å²) in [6.07, 6.45) is -4.54. The number of ether oxygens (including phenoxy) is 1. The molecule has 0 bridgehead atoms. The van der Waals surface area contributed by atoms with Crippen LogP contribution in [0.2, 0.25) is 0 Å². The van der Waals surface area contributed by atoms with Gasteiger partial charge in [0.25, 0.3) is 5.91 Å². The van der Waals surface area contributed by atoms with Crippen molar-refractivity contribution in [1.29, 1.82) is 0 Å². The summed E-state index contributed by atoms with van der Waals surface area (Å²) in [6, 6.07) is 13.0. The smallest absolute Gasteiger partial charge is 0.378 e. The van der Waals surface area contributed by atoms with E-state index in [9.17, 15) is 22.8 Å². The Hall–Kier alpha value is -3.40. The molecule has 4 rings (SSSR count). The van der Waals surface area contributed by atoms with Gasteiger partial charge in [0.1, 0.15) is 5.71 Å². The predicted molar refractivity (Wildman–Crippen MR) is 117 cm³/mol. The third-order valence-electron chi connectivity index (χ3n) is 5.48. The molecular formula is C23H23F3N4O3. The minimum absolute atomic E-state index is 0.0101. The number of nitrogens with one attached hydrogen (secondary N) is 1. The Labute approximate surface area is 188 Å². The number of hydrazone groups is 1. The van der Waals surface area contributed by atoms with Gasteiger partial charge in [-0.3, -0.25) is 9.59 Å². The lowest BCUT2D eigenvalue weighted by Crippen LogP contribution is -2.37. The van der Waals surface area contributed by atoms with Gasteiger partial charge in [-0.05, 0) is 23.8 Å². The summed E-state index contributed by atoms with van der Waals surface area (Å²) in [5, 5.41) is 7.65.